The molecule has 1 spiro atoms. The van der Waals surface area contributed by atoms with Crippen LogP contribution in [0.1, 0.15) is 36.7 Å². The van der Waals surface area contributed by atoms with Crippen LogP contribution in [0.15, 0.2) is 18.3 Å². The van der Waals surface area contributed by atoms with Crippen LogP contribution in [-0.2, 0) is 4.74 Å². The molecule has 0 unspecified atom stereocenters. The molecule has 0 radical (unpaired) electrons. The van der Waals surface area contributed by atoms with Crippen molar-refractivity contribution in [3.8, 4) is 0 Å². The van der Waals surface area contributed by atoms with Crippen molar-refractivity contribution in [2.75, 3.05) is 19.7 Å². The Bertz CT molecular complexity index is 556. The lowest BCUT2D eigenvalue weighted by molar-refractivity contribution is -0.207. The van der Waals surface area contributed by atoms with E-state index in [-0.39, 0.29) is 23.5 Å². The van der Waals surface area contributed by atoms with Gasteiger partial charge in [-0.05, 0) is 31.9 Å². The highest BCUT2D eigenvalue weighted by Crippen LogP contribution is 2.51. The zero-order chi connectivity index (χ0) is 15.7. The van der Waals surface area contributed by atoms with Crippen molar-refractivity contribution in [1.82, 2.24) is 9.88 Å². The van der Waals surface area contributed by atoms with Crippen molar-refractivity contribution in [1.29, 1.82) is 0 Å². The van der Waals surface area contributed by atoms with Crippen LogP contribution in [0.25, 0.3) is 0 Å². The summed E-state index contributed by atoms with van der Waals surface area (Å²) in [7, 11) is 0. The number of likely N-dealkylation sites (tertiary alicyclic amines) is 1. The first-order valence-corrected chi connectivity index (χ1v) is 8.15. The predicted molar refractivity (Wildman–Crippen MR) is 82.9 cm³/mol. The van der Waals surface area contributed by atoms with Gasteiger partial charge in [0.25, 0.3) is 5.91 Å². The minimum absolute atomic E-state index is 0.0980. The molecule has 1 aromatic heterocycles. The van der Waals surface area contributed by atoms with E-state index in [1.54, 1.807) is 23.2 Å². The van der Waals surface area contributed by atoms with Gasteiger partial charge in [-0.15, -0.1) is 0 Å². The highest BCUT2D eigenvalue weighted by Gasteiger charge is 2.56. The quantitative estimate of drug-likeness (QED) is 0.925. The summed E-state index contributed by atoms with van der Waals surface area (Å²) in [6, 6.07) is 3.25. The van der Waals surface area contributed by atoms with Gasteiger partial charge in [0.15, 0.2) is 0 Å². The van der Waals surface area contributed by atoms with Crippen LogP contribution in [0.5, 0.6) is 0 Å². The molecule has 0 bridgehead atoms. The number of piperidine rings is 1. The summed E-state index contributed by atoms with van der Waals surface area (Å²) in [6.07, 6.45) is 3.59. The average Bonchev–Trinajstić information content (AvgIpc) is 2.54. The molecule has 6 heteroatoms. The van der Waals surface area contributed by atoms with Crippen LogP contribution in [-0.4, -0.2) is 52.8 Å². The van der Waals surface area contributed by atoms with Gasteiger partial charge in [0.1, 0.15) is 5.69 Å². The minimum Gasteiger partial charge on any atom is -0.392 e. The van der Waals surface area contributed by atoms with Gasteiger partial charge in [0.05, 0.1) is 12.2 Å². The first kappa shape index (κ1) is 15.7. The number of aromatic nitrogens is 1. The number of aliphatic hydroxyl groups is 1. The lowest BCUT2D eigenvalue weighted by atomic mass is 9.58. The van der Waals surface area contributed by atoms with Gasteiger partial charge in [-0.1, -0.05) is 11.6 Å². The van der Waals surface area contributed by atoms with Crippen molar-refractivity contribution < 1.29 is 14.6 Å². The molecule has 1 saturated carbocycles. The summed E-state index contributed by atoms with van der Waals surface area (Å²) < 4.78 is 5.74. The number of aliphatic hydroxyl groups excluding tert-OH is 1. The average molecular weight is 325 g/mol. The van der Waals surface area contributed by atoms with E-state index in [2.05, 4.69) is 4.98 Å². The van der Waals surface area contributed by atoms with Crippen molar-refractivity contribution in [3.63, 3.8) is 0 Å². The first-order valence-electron chi connectivity index (χ1n) is 7.77. The normalized spacial score (nSPS) is 26.8. The largest absolute Gasteiger partial charge is 0.392 e. The van der Waals surface area contributed by atoms with Crippen LogP contribution in [0, 0.1) is 5.41 Å². The Morgan fingerprint density at radius 3 is 2.86 bits per heavy atom. The topological polar surface area (TPSA) is 62.7 Å². The van der Waals surface area contributed by atoms with Crippen LogP contribution in [0.4, 0.5) is 0 Å². The predicted octanol–water partition coefficient (Wildman–Crippen LogP) is 2.13. The highest BCUT2D eigenvalue weighted by atomic mass is 35.5. The fraction of sp³-hybridized carbons (Fsp3) is 0.625. The molecule has 1 aliphatic heterocycles. The number of halogens is 1. The second kappa shape index (κ2) is 6.14. The molecule has 5 nitrogen and oxygen atoms in total. The SMILES string of the molecule is CCO[C@@H]1C[C@H](O)C12CCN(C(=O)c1cc(Cl)ccn1)CC2. The Morgan fingerprint density at radius 2 is 2.27 bits per heavy atom. The summed E-state index contributed by atoms with van der Waals surface area (Å²) >= 11 is 5.92. The number of carbonyl (C=O) groups excluding carboxylic acids is 1. The number of pyridine rings is 1. The molecule has 1 aliphatic carbocycles. The van der Waals surface area contributed by atoms with E-state index in [4.69, 9.17) is 16.3 Å². The van der Waals surface area contributed by atoms with Crippen LogP contribution in [0.2, 0.25) is 5.02 Å². The second-order valence-corrected chi connectivity index (χ2v) is 6.52. The number of carbonyl (C=O) groups is 1. The molecule has 2 fully saturated rings. The third-order valence-corrected chi connectivity index (χ3v) is 5.27. The Morgan fingerprint density at radius 1 is 1.55 bits per heavy atom. The molecule has 2 atom stereocenters. The molecule has 1 amide bonds. The van der Waals surface area contributed by atoms with Gasteiger partial charge in [-0.25, -0.2) is 0 Å². The molecule has 2 heterocycles. The summed E-state index contributed by atoms with van der Waals surface area (Å²) in [5, 5.41) is 10.7. The van der Waals surface area contributed by atoms with Gasteiger partial charge in [-0.3, -0.25) is 9.78 Å². The third kappa shape index (κ3) is 2.62. The lowest BCUT2D eigenvalue weighted by Gasteiger charge is -2.56. The van der Waals surface area contributed by atoms with Crippen LogP contribution >= 0.6 is 11.6 Å². The molecule has 3 rings (SSSR count). The summed E-state index contributed by atoms with van der Waals surface area (Å²) in [5.74, 6) is -0.0980. The zero-order valence-corrected chi connectivity index (χ0v) is 13.4. The lowest BCUT2D eigenvalue weighted by Crippen LogP contribution is -2.62. The molecular formula is C16H21ClN2O3. The summed E-state index contributed by atoms with van der Waals surface area (Å²) in [4.78, 5) is 18.4. The first-order chi connectivity index (χ1) is 10.6. The highest BCUT2D eigenvalue weighted by molar-refractivity contribution is 6.30. The van der Waals surface area contributed by atoms with Gasteiger partial charge in [-0.2, -0.15) is 0 Å². The maximum absolute atomic E-state index is 12.5. The zero-order valence-electron chi connectivity index (χ0n) is 12.7. The molecule has 120 valence electrons. The monoisotopic (exact) mass is 324 g/mol. The fourth-order valence-electron chi connectivity index (χ4n) is 3.63. The number of hydrogen-bond acceptors (Lipinski definition) is 4. The smallest absolute Gasteiger partial charge is 0.272 e. The van der Waals surface area contributed by atoms with Gasteiger partial charge in [0.2, 0.25) is 0 Å². The van der Waals surface area contributed by atoms with Crippen molar-refractivity contribution in [2.24, 2.45) is 5.41 Å². The van der Waals surface area contributed by atoms with Gasteiger partial charge in [0, 0.05) is 42.8 Å². The van der Waals surface area contributed by atoms with E-state index in [1.807, 2.05) is 6.92 Å². The van der Waals surface area contributed by atoms with Crippen molar-refractivity contribution in [3.05, 3.63) is 29.0 Å². The standard InChI is InChI=1S/C16H21ClN2O3/c1-2-22-14-10-13(20)16(14)4-7-19(8-5-16)15(21)12-9-11(17)3-6-18-12/h3,6,9,13-14,20H,2,4-5,7-8,10H2,1H3/t13-,14+/m0/s1. The fourth-order valence-corrected chi connectivity index (χ4v) is 3.79. The van der Waals surface area contributed by atoms with E-state index < -0.39 is 0 Å². The molecular weight excluding hydrogens is 304 g/mol. The number of amides is 1. The van der Waals surface area contributed by atoms with Crippen LogP contribution < -0.4 is 0 Å². The van der Waals surface area contributed by atoms with E-state index >= 15 is 0 Å². The summed E-state index contributed by atoms with van der Waals surface area (Å²) in [5.41, 5.74) is 0.202. The van der Waals surface area contributed by atoms with E-state index in [1.165, 1.54) is 0 Å². The number of ether oxygens (including phenoxy) is 1. The molecule has 22 heavy (non-hydrogen) atoms. The minimum atomic E-state index is -0.314. The molecule has 0 aromatic carbocycles. The van der Waals surface area contributed by atoms with Gasteiger partial charge < -0.3 is 14.7 Å². The Balaban J connectivity index is 1.65. The van der Waals surface area contributed by atoms with E-state index in [0.717, 1.165) is 12.8 Å². The van der Waals surface area contributed by atoms with E-state index in [9.17, 15) is 9.90 Å². The van der Waals surface area contributed by atoms with Crippen LogP contribution in [0.3, 0.4) is 0 Å². The molecule has 1 N–H and O–H groups in total. The van der Waals surface area contributed by atoms with Gasteiger partial charge >= 0.3 is 0 Å². The maximum Gasteiger partial charge on any atom is 0.272 e. The molecule has 2 aliphatic rings. The number of hydrogen-bond donors (Lipinski definition) is 1. The Hall–Kier alpha value is -1.17. The number of nitrogens with zero attached hydrogens (tertiary/aromatic N) is 2. The summed E-state index contributed by atoms with van der Waals surface area (Å²) in [6.45, 7) is 3.87. The van der Waals surface area contributed by atoms with E-state index in [0.29, 0.717) is 36.8 Å². The Kier molecular flexibility index (Phi) is 4.39. The second-order valence-electron chi connectivity index (χ2n) is 6.08. The van der Waals surface area contributed by atoms with Crippen molar-refractivity contribution in [2.45, 2.75) is 38.4 Å². The Labute approximate surface area is 135 Å². The molecule has 1 aromatic rings. The number of rotatable bonds is 3. The maximum atomic E-state index is 12.5. The molecule has 1 saturated heterocycles. The third-order valence-electron chi connectivity index (χ3n) is 5.03. The van der Waals surface area contributed by atoms with Crippen molar-refractivity contribution >= 4 is 17.5 Å².